The Morgan fingerprint density at radius 3 is 2.48 bits per heavy atom. The van der Waals surface area contributed by atoms with Gasteiger partial charge in [0.2, 0.25) is 0 Å². The zero-order chi connectivity index (χ0) is 18.2. The van der Waals surface area contributed by atoms with Crippen LogP contribution in [-0.4, -0.2) is 11.5 Å². The molecule has 134 valence electrons. The molecule has 0 saturated heterocycles. The Labute approximate surface area is 156 Å². The fourth-order valence-corrected chi connectivity index (χ4v) is 3.84. The molecule has 0 aliphatic carbocycles. The van der Waals surface area contributed by atoms with E-state index in [4.69, 9.17) is 4.74 Å². The molecule has 5 rings (SSSR count). The summed E-state index contributed by atoms with van der Waals surface area (Å²) in [5.74, 6) is 1.43. The molecule has 27 heavy (non-hydrogen) atoms. The van der Waals surface area contributed by atoms with Crippen LogP contribution >= 0.6 is 0 Å². The van der Waals surface area contributed by atoms with Gasteiger partial charge in [0.15, 0.2) is 0 Å². The van der Waals surface area contributed by atoms with Gasteiger partial charge in [-0.05, 0) is 60.0 Å². The number of aromatic amines is 1. The molecule has 4 aromatic rings. The summed E-state index contributed by atoms with van der Waals surface area (Å²) in [5, 5.41) is 4.56. The van der Waals surface area contributed by atoms with Crippen LogP contribution in [0.25, 0.3) is 10.9 Å². The SMILES string of the molecule is Fc1ccc2[nH]c3c(c2c1)CCNC3c1ccc(Oc2ccccc2)cc1. The lowest BCUT2D eigenvalue weighted by atomic mass is 9.94. The highest BCUT2D eigenvalue weighted by molar-refractivity contribution is 5.85. The highest BCUT2D eigenvalue weighted by atomic mass is 19.1. The molecular weight excluding hydrogens is 339 g/mol. The van der Waals surface area contributed by atoms with E-state index in [-0.39, 0.29) is 11.9 Å². The largest absolute Gasteiger partial charge is 0.457 e. The van der Waals surface area contributed by atoms with Crippen molar-refractivity contribution in [3.05, 3.63) is 95.4 Å². The van der Waals surface area contributed by atoms with Crippen LogP contribution in [0, 0.1) is 5.82 Å². The van der Waals surface area contributed by atoms with E-state index in [1.165, 1.54) is 11.6 Å². The van der Waals surface area contributed by atoms with Gasteiger partial charge in [0, 0.05) is 23.1 Å². The van der Waals surface area contributed by atoms with Crippen molar-refractivity contribution in [2.24, 2.45) is 0 Å². The Morgan fingerprint density at radius 1 is 0.889 bits per heavy atom. The first-order valence-corrected chi connectivity index (χ1v) is 9.14. The molecule has 0 amide bonds. The Kier molecular flexibility index (Phi) is 3.91. The molecule has 0 radical (unpaired) electrons. The molecule has 0 saturated carbocycles. The lowest BCUT2D eigenvalue weighted by Gasteiger charge is -2.25. The van der Waals surface area contributed by atoms with E-state index in [9.17, 15) is 4.39 Å². The van der Waals surface area contributed by atoms with Gasteiger partial charge in [-0.3, -0.25) is 0 Å². The monoisotopic (exact) mass is 358 g/mol. The van der Waals surface area contributed by atoms with Crippen molar-refractivity contribution >= 4 is 10.9 Å². The maximum absolute atomic E-state index is 13.7. The fourth-order valence-electron chi connectivity index (χ4n) is 3.84. The van der Waals surface area contributed by atoms with Crippen molar-refractivity contribution < 1.29 is 9.13 Å². The number of halogens is 1. The highest BCUT2D eigenvalue weighted by Gasteiger charge is 2.25. The summed E-state index contributed by atoms with van der Waals surface area (Å²) in [4.78, 5) is 3.49. The molecule has 1 aliphatic rings. The lowest BCUT2D eigenvalue weighted by molar-refractivity contribution is 0.481. The van der Waals surface area contributed by atoms with Crippen LogP contribution in [0.1, 0.15) is 22.9 Å². The van der Waals surface area contributed by atoms with Gasteiger partial charge in [0.1, 0.15) is 17.3 Å². The normalized spacial score (nSPS) is 16.3. The molecule has 0 spiro atoms. The summed E-state index contributed by atoms with van der Waals surface area (Å²) in [5.41, 5.74) is 4.47. The Bertz CT molecular complexity index is 1090. The van der Waals surface area contributed by atoms with Crippen LogP contribution < -0.4 is 10.1 Å². The number of H-pyrrole nitrogens is 1. The summed E-state index contributed by atoms with van der Waals surface area (Å²) in [6.07, 6.45) is 0.893. The molecule has 2 heterocycles. The minimum Gasteiger partial charge on any atom is -0.457 e. The van der Waals surface area contributed by atoms with E-state index in [1.54, 1.807) is 6.07 Å². The Hall–Kier alpha value is -3.11. The minimum absolute atomic E-state index is 0.0648. The maximum Gasteiger partial charge on any atom is 0.127 e. The van der Waals surface area contributed by atoms with E-state index in [0.29, 0.717) is 0 Å². The molecule has 2 N–H and O–H groups in total. The molecule has 1 aromatic heterocycles. The van der Waals surface area contributed by atoms with Crippen LogP contribution in [0.15, 0.2) is 72.8 Å². The van der Waals surface area contributed by atoms with Crippen molar-refractivity contribution in [1.29, 1.82) is 0 Å². The van der Waals surface area contributed by atoms with Crippen LogP contribution in [0.4, 0.5) is 4.39 Å². The number of fused-ring (bicyclic) bond motifs is 3. The number of aromatic nitrogens is 1. The van der Waals surface area contributed by atoms with E-state index in [0.717, 1.165) is 46.6 Å². The van der Waals surface area contributed by atoms with Crippen molar-refractivity contribution in [1.82, 2.24) is 10.3 Å². The summed E-state index contributed by atoms with van der Waals surface area (Å²) < 4.78 is 19.6. The first kappa shape index (κ1) is 16.1. The second-order valence-corrected chi connectivity index (χ2v) is 6.83. The number of hydrogen-bond donors (Lipinski definition) is 2. The smallest absolute Gasteiger partial charge is 0.127 e. The van der Waals surface area contributed by atoms with E-state index >= 15 is 0 Å². The molecule has 4 heteroatoms. The average molecular weight is 358 g/mol. The minimum atomic E-state index is -0.193. The number of nitrogens with one attached hydrogen (secondary N) is 2. The molecule has 3 aromatic carbocycles. The summed E-state index contributed by atoms with van der Waals surface area (Å²) in [6.45, 7) is 0.864. The Morgan fingerprint density at radius 2 is 1.67 bits per heavy atom. The van der Waals surface area contributed by atoms with Crippen molar-refractivity contribution in [3.8, 4) is 11.5 Å². The fraction of sp³-hybridized carbons (Fsp3) is 0.130. The van der Waals surface area contributed by atoms with Crippen LogP contribution in [-0.2, 0) is 6.42 Å². The highest BCUT2D eigenvalue weighted by Crippen LogP contribution is 2.34. The summed E-state index contributed by atoms with van der Waals surface area (Å²) in [7, 11) is 0. The second-order valence-electron chi connectivity index (χ2n) is 6.83. The topological polar surface area (TPSA) is 37.0 Å². The zero-order valence-corrected chi connectivity index (χ0v) is 14.7. The summed E-state index contributed by atoms with van der Waals surface area (Å²) >= 11 is 0. The molecule has 1 atom stereocenters. The number of benzene rings is 3. The average Bonchev–Trinajstić information content (AvgIpc) is 3.07. The van der Waals surface area contributed by atoms with Gasteiger partial charge in [-0.25, -0.2) is 4.39 Å². The molecular formula is C23H19FN2O. The van der Waals surface area contributed by atoms with E-state index in [1.807, 2.05) is 48.5 Å². The van der Waals surface area contributed by atoms with Gasteiger partial charge in [0.25, 0.3) is 0 Å². The van der Waals surface area contributed by atoms with Crippen molar-refractivity contribution in [3.63, 3.8) is 0 Å². The number of rotatable bonds is 3. The van der Waals surface area contributed by atoms with Gasteiger partial charge < -0.3 is 15.0 Å². The van der Waals surface area contributed by atoms with Crippen LogP contribution in [0.2, 0.25) is 0 Å². The van der Waals surface area contributed by atoms with Gasteiger partial charge in [0.05, 0.1) is 6.04 Å². The van der Waals surface area contributed by atoms with Gasteiger partial charge in [-0.1, -0.05) is 30.3 Å². The van der Waals surface area contributed by atoms with E-state index < -0.39 is 0 Å². The van der Waals surface area contributed by atoms with Gasteiger partial charge in [-0.2, -0.15) is 0 Å². The van der Waals surface area contributed by atoms with Crippen LogP contribution in [0.3, 0.4) is 0 Å². The molecule has 3 nitrogen and oxygen atoms in total. The third-order valence-corrected chi connectivity index (χ3v) is 5.11. The van der Waals surface area contributed by atoms with Crippen molar-refractivity contribution in [2.75, 3.05) is 6.54 Å². The Balaban J connectivity index is 1.47. The third-order valence-electron chi connectivity index (χ3n) is 5.11. The molecule has 0 bridgehead atoms. The number of para-hydroxylation sites is 1. The quantitative estimate of drug-likeness (QED) is 0.519. The molecule has 1 aliphatic heterocycles. The van der Waals surface area contributed by atoms with Gasteiger partial charge >= 0.3 is 0 Å². The molecule has 1 unspecified atom stereocenters. The van der Waals surface area contributed by atoms with Crippen LogP contribution in [0.5, 0.6) is 11.5 Å². The lowest BCUT2D eigenvalue weighted by Crippen LogP contribution is -2.30. The van der Waals surface area contributed by atoms with E-state index in [2.05, 4.69) is 22.4 Å². The second kappa shape index (κ2) is 6.56. The number of ether oxygens (including phenoxy) is 1. The maximum atomic E-state index is 13.7. The molecule has 0 fully saturated rings. The predicted octanol–water partition coefficient (Wildman–Crippen LogP) is 5.33. The number of hydrogen-bond acceptors (Lipinski definition) is 2. The third kappa shape index (κ3) is 2.98. The standard InChI is InChI=1S/C23H19FN2O/c24-16-8-11-21-20(14-16)19-12-13-25-22(23(19)26-21)15-6-9-18(10-7-15)27-17-4-2-1-3-5-17/h1-11,14,22,25-26H,12-13H2. The first-order chi connectivity index (χ1) is 13.3. The van der Waals surface area contributed by atoms with Gasteiger partial charge in [-0.15, -0.1) is 0 Å². The first-order valence-electron chi connectivity index (χ1n) is 9.14. The van der Waals surface area contributed by atoms with Crippen molar-refractivity contribution in [2.45, 2.75) is 12.5 Å². The predicted molar refractivity (Wildman–Crippen MR) is 105 cm³/mol. The zero-order valence-electron chi connectivity index (χ0n) is 14.7. The summed E-state index contributed by atoms with van der Waals surface area (Å²) in [6, 6.07) is 22.9.